The summed E-state index contributed by atoms with van der Waals surface area (Å²) in [4.78, 5) is 0. The molecule has 1 aromatic rings. The first-order chi connectivity index (χ1) is 8.40. The van der Waals surface area contributed by atoms with E-state index in [-0.39, 0.29) is 6.61 Å². The van der Waals surface area contributed by atoms with Crippen LogP contribution in [-0.2, 0) is 4.74 Å². The van der Waals surface area contributed by atoms with Gasteiger partial charge in [-0.15, -0.1) is 0 Å². The zero-order valence-electron chi connectivity index (χ0n) is 10.1. The molecule has 0 aromatic heterocycles. The summed E-state index contributed by atoms with van der Waals surface area (Å²) in [7, 11) is 0. The maximum Gasteiger partial charge on any atom is 0.119 e. The molecule has 1 aromatic carbocycles. The van der Waals surface area contributed by atoms with Gasteiger partial charge in [-0.3, -0.25) is 0 Å². The maximum atomic E-state index is 8.71. The molecule has 0 saturated carbocycles. The quantitative estimate of drug-likeness (QED) is 0.797. The van der Waals surface area contributed by atoms with Gasteiger partial charge >= 0.3 is 0 Å². The van der Waals surface area contributed by atoms with Crippen LogP contribution in [0, 0.1) is 0 Å². The molecular weight excluding hydrogens is 216 g/mol. The highest BCUT2D eigenvalue weighted by Gasteiger charge is 2.16. The molecule has 1 aliphatic rings. The Morgan fingerprint density at radius 3 is 2.88 bits per heavy atom. The van der Waals surface area contributed by atoms with Crippen molar-refractivity contribution in [3.05, 3.63) is 29.8 Å². The molecule has 17 heavy (non-hydrogen) atoms. The Labute approximate surface area is 102 Å². The van der Waals surface area contributed by atoms with E-state index >= 15 is 0 Å². The topological polar surface area (TPSA) is 38.7 Å². The van der Waals surface area contributed by atoms with E-state index in [9.17, 15) is 0 Å². The minimum absolute atomic E-state index is 0.180. The molecule has 3 nitrogen and oxygen atoms in total. The highest BCUT2D eigenvalue weighted by molar-refractivity contribution is 5.31. The average Bonchev–Trinajstić information content (AvgIpc) is 2.41. The molecule has 0 amide bonds. The lowest BCUT2D eigenvalue weighted by Gasteiger charge is -2.22. The van der Waals surface area contributed by atoms with Crippen LogP contribution >= 0.6 is 0 Å². The summed E-state index contributed by atoms with van der Waals surface area (Å²) in [6.45, 7) is 2.48. The third kappa shape index (κ3) is 3.72. The predicted octanol–water partition coefficient (Wildman–Crippen LogP) is 2.34. The van der Waals surface area contributed by atoms with E-state index in [1.807, 2.05) is 12.1 Å². The fraction of sp³-hybridized carbons (Fsp3) is 0.571. The van der Waals surface area contributed by atoms with Crippen molar-refractivity contribution in [2.75, 3.05) is 26.4 Å². The van der Waals surface area contributed by atoms with E-state index in [4.69, 9.17) is 14.6 Å². The van der Waals surface area contributed by atoms with Crippen molar-refractivity contribution in [2.24, 2.45) is 0 Å². The Balaban J connectivity index is 1.95. The van der Waals surface area contributed by atoms with E-state index in [1.54, 1.807) is 0 Å². The van der Waals surface area contributed by atoms with Crippen LogP contribution in [0.3, 0.4) is 0 Å². The van der Waals surface area contributed by atoms with E-state index in [2.05, 4.69) is 12.1 Å². The molecule has 0 radical (unpaired) electrons. The van der Waals surface area contributed by atoms with E-state index in [0.717, 1.165) is 31.8 Å². The summed E-state index contributed by atoms with van der Waals surface area (Å²) >= 11 is 0. The Morgan fingerprint density at radius 1 is 1.29 bits per heavy atom. The molecule has 0 unspecified atom stereocenters. The molecule has 0 bridgehead atoms. The summed E-state index contributed by atoms with van der Waals surface area (Å²) in [6, 6.07) is 8.29. The predicted molar refractivity (Wildman–Crippen MR) is 66.4 cm³/mol. The van der Waals surface area contributed by atoms with Crippen LogP contribution in [-0.4, -0.2) is 31.5 Å². The molecular formula is C14H20O3. The first kappa shape index (κ1) is 12.4. The monoisotopic (exact) mass is 236 g/mol. The molecule has 0 aliphatic carbocycles. The van der Waals surface area contributed by atoms with E-state index in [1.165, 1.54) is 5.56 Å². The average molecular weight is 236 g/mol. The molecule has 1 aliphatic heterocycles. The van der Waals surface area contributed by atoms with E-state index < -0.39 is 0 Å². The van der Waals surface area contributed by atoms with Crippen molar-refractivity contribution < 1.29 is 14.6 Å². The van der Waals surface area contributed by atoms with Crippen molar-refractivity contribution in [1.82, 2.24) is 0 Å². The second-order valence-electron chi connectivity index (χ2n) is 4.38. The number of hydrogen-bond acceptors (Lipinski definition) is 3. The van der Waals surface area contributed by atoms with Gasteiger partial charge in [0, 0.05) is 26.2 Å². The number of aliphatic hydroxyl groups excluding tert-OH is 1. The smallest absolute Gasteiger partial charge is 0.119 e. The first-order valence-corrected chi connectivity index (χ1v) is 6.31. The number of benzene rings is 1. The SMILES string of the molecule is OCCCOc1cccc(C2CCOCC2)c1. The van der Waals surface area contributed by atoms with Crippen LogP contribution in [0.5, 0.6) is 5.75 Å². The third-order valence-corrected chi connectivity index (χ3v) is 3.12. The zero-order valence-corrected chi connectivity index (χ0v) is 10.1. The Kier molecular flexibility index (Phi) is 4.83. The van der Waals surface area contributed by atoms with Crippen LogP contribution in [0.4, 0.5) is 0 Å². The van der Waals surface area contributed by atoms with Gasteiger partial charge in [-0.05, 0) is 36.5 Å². The molecule has 94 valence electrons. The standard InChI is InChI=1S/C14H20O3/c15-7-2-8-17-14-4-1-3-13(11-14)12-5-9-16-10-6-12/h1,3-4,11-12,15H,2,5-10H2. The molecule has 0 atom stereocenters. The van der Waals surface area contributed by atoms with Crippen molar-refractivity contribution in [3.8, 4) is 5.75 Å². The normalized spacial score (nSPS) is 17.0. The number of hydrogen-bond donors (Lipinski definition) is 1. The van der Waals surface area contributed by atoms with Gasteiger partial charge in [0.25, 0.3) is 0 Å². The molecule has 1 N–H and O–H groups in total. The minimum atomic E-state index is 0.180. The van der Waals surface area contributed by atoms with Crippen LogP contribution in [0.1, 0.15) is 30.7 Å². The van der Waals surface area contributed by atoms with Gasteiger partial charge in [0.15, 0.2) is 0 Å². The van der Waals surface area contributed by atoms with Crippen LogP contribution in [0.15, 0.2) is 24.3 Å². The van der Waals surface area contributed by atoms with Crippen LogP contribution in [0.25, 0.3) is 0 Å². The highest BCUT2D eigenvalue weighted by Crippen LogP contribution is 2.29. The molecule has 0 spiro atoms. The maximum absolute atomic E-state index is 8.71. The Bertz CT molecular complexity index is 332. The molecule has 1 saturated heterocycles. The molecule has 1 fully saturated rings. The number of aliphatic hydroxyl groups is 1. The van der Waals surface area contributed by atoms with Gasteiger partial charge in [0.2, 0.25) is 0 Å². The van der Waals surface area contributed by atoms with Gasteiger partial charge in [-0.2, -0.15) is 0 Å². The van der Waals surface area contributed by atoms with Crippen molar-refractivity contribution in [1.29, 1.82) is 0 Å². The molecule has 3 heteroatoms. The summed E-state index contributed by atoms with van der Waals surface area (Å²) in [6.07, 6.45) is 2.88. The number of rotatable bonds is 5. The fourth-order valence-corrected chi connectivity index (χ4v) is 2.14. The second kappa shape index (κ2) is 6.62. The lowest BCUT2D eigenvalue weighted by molar-refractivity contribution is 0.0852. The van der Waals surface area contributed by atoms with Crippen molar-refractivity contribution in [2.45, 2.75) is 25.2 Å². The largest absolute Gasteiger partial charge is 0.493 e. The van der Waals surface area contributed by atoms with Crippen molar-refractivity contribution in [3.63, 3.8) is 0 Å². The lowest BCUT2D eigenvalue weighted by Crippen LogP contribution is -2.14. The summed E-state index contributed by atoms with van der Waals surface area (Å²) in [5.41, 5.74) is 1.34. The first-order valence-electron chi connectivity index (χ1n) is 6.31. The lowest BCUT2D eigenvalue weighted by atomic mass is 9.92. The highest BCUT2D eigenvalue weighted by atomic mass is 16.5. The molecule has 1 heterocycles. The summed E-state index contributed by atoms with van der Waals surface area (Å²) in [5.74, 6) is 1.51. The summed E-state index contributed by atoms with van der Waals surface area (Å²) < 4.78 is 11.0. The third-order valence-electron chi connectivity index (χ3n) is 3.12. The second-order valence-corrected chi connectivity index (χ2v) is 4.38. The van der Waals surface area contributed by atoms with Gasteiger partial charge in [-0.1, -0.05) is 12.1 Å². The van der Waals surface area contributed by atoms with Gasteiger partial charge in [0.1, 0.15) is 5.75 Å². The van der Waals surface area contributed by atoms with Crippen LogP contribution < -0.4 is 4.74 Å². The zero-order chi connectivity index (χ0) is 11.9. The van der Waals surface area contributed by atoms with Gasteiger partial charge in [0.05, 0.1) is 6.61 Å². The van der Waals surface area contributed by atoms with E-state index in [0.29, 0.717) is 18.9 Å². The van der Waals surface area contributed by atoms with Crippen LogP contribution in [0.2, 0.25) is 0 Å². The number of ether oxygens (including phenoxy) is 2. The van der Waals surface area contributed by atoms with Gasteiger partial charge < -0.3 is 14.6 Å². The Morgan fingerprint density at radius 2 is 2.12 bits per heavy atom. The summed E-state index contributed by atoms with van der Waals surface area (Å²) in [5, 5.41) is 8.71. The van der Waals surface area contributed by atoms with Gasteiger partial charge in [-0.25, -0.2) is 0 Å². The minimum Gasteiger partial charge on any atom is -0.493 e. The van der Waals surface area contributed by atoms with Crippen molar-refractivity contribution >= 4 is 0 Å². The Hall–Kier alpha value is -1.06. The fourth-order valence-electron chi connectivity index (χ4n) is 2.14. The molecule has 2 rings (SSSR count).